The fraction of sp³-hybridized carbons (Fsp3) is 0.419. The Morgan fingerprint density at radius 1 is 0.943 bits per heavy atom. The van der Waals surface area contributed by atoms with Crippen molar-refractivity contribution >= 4 is 23.5 Å². The number of nitrogens with one attached hydrogen (secondary N) is 1. The molecule has 1 N–H and O–H groups in total. The standard InChI is InChI=1S/C31H35N3O/c1-20-12-26(21(2)34(20)30-10-8-29(9-11-30)33-22(3)35)19-32-28-6-4-27(5-7-28)31-16-23-13-24(17-31)15-25(14-23)18-31/h4-12,19,23-25H,13-18H2,1-3H3,(H,33,35). The molecule has 0 unspecified atom stereocenters. The molecule has 0 saturated heterocycles. The Bertz CT molecular complexity index is 1240. The number of nitrogens with zero attached hydrogens (tertiary/aromatic N) is 2. The molecule has 4 saturated carbocycles. The third kappa shape index (κ3) is 4.13. The lowest BCUT2D eigenvalue weighted by atomic mass is 9.48. The van der Waals surface area contributed by atoms with Crippen LogP contribution in [-0.4, -0.2) is 16.7 Å². The van der Waals surface area contributed by atoms with Crippen LogP contribution >= 0.6 is 0 Å². The van der Waals surface area contributed by atoms with E-state index < -0.39 is 0 Å². The van der Waals surface area contributed by atoms with E-state index in [1.165, 1.54) is 45.4 Å². The Hall–Kier alpha value is -3.14. The first kappa shape index (κ1) is 22.3. The van der Waals surface area contributed by atoms with Crippen molar-refractivity contribution in [1.82, 2.24) is 4.57 Å². The highest BCUT2D eigenvalue weighted by Gasteiger charge is 2.51. The fourth-order valence-corrected chi connectivity index (χ4v) is 7.72. The van der Waals surface area contributed by atoms with Gasteiger partial charge in [-0.2, -0.15) is 0 Å². The van der Waals surface area contributed by atoms with Gasteiger partial charge in [-0.25, -0.2) is 0 Å². The highest BCUT2D eigenvalue weighted by Crippen LogP contribution is 2.60. The number of rotatable bonds is 5. The van der Waals surface area contributed by atoms with Gasteiger partial charge in [-0.15, -0.1) is 0 Å². The van der Waals surface area contributed by atoms with Gasteiger partial charge in [-0.05, 0) is 124 Å². The second kappa shape index (κ2) is 8.51. The molecule has 2 aromatic carbocycles. The summed E-state index contributed by atoms with van der Waals surface area (Å²) in [6.07, 6.45) is 10.7. The Labute approximate surface area is 208 Å². The third-order valence-electron chi connectivity index (χ3n) is 8.79. The van der Waals surface area contributed by atoms with Crippen LogP contribution in [0, 0.1) is 31.6 Å². The number of anilines is 1. The summed E-state index contributed by atoms with van der Waals surface area (Å²) in [6, 6.07) is 19.3. The van der Waals surface area contributed by atoms with Crippen molar-refractivity contribution in [2.75, 3.05) is 5.32 Å². The molecule has 0 atom stereocenters. The van der Waals surface area contributed by atoms with Crippen LogP contribution in [0.5, 0.6) is 0 Å². The maximum Gasteiger partial charge on any atom is 0.221 e. The summed E-state index contributed by atoms with van der Waals surface area (Å²) in [5.74, 6) is 2.85. The monoisotopic (exact) mass is 465 g/mol. The topological polar surface area (TPSA) is 46.4 Å². The Morgan fingerprint density at radius 3 is 2.11 bits per heavy atom. The lowest BCUT2D eigenvalue weighted by Crippen LogP contribution is -2.48. The largest absolute Gasteiger partial charge is 0.326 e. The van der Waals surface area contributed by atoms with Crippen LogP contribution < -0.4 is 5.32 Å². The Kier molecular flexibility index (Phi) is 5.43. The van der Waals surface area contributed by atoms with Crippen LogP contribution in [0.25, 0.3) is 5.69 Å². The summed E-state index contributed by atoms with van der Waals surface area (Å²) < 4.78 is 2.23. The molecule has 1 heterocycles. The van der Waals surface area contributed by atoms with Gasteiger partial charge in [0.2, 0.25) is 5.91 Å². The zero-order chi connectivity index (χ0) is 24.2. The number of benzene rings is 2. The molecular formula is C31H35N3O. The van der Waals surface area contributed by atoms with Gasteiger partial charge < -0.3 is 9.88 Å². The van der Waals surface area contributed by atoms with E-state index in [4.69, 9.17) is 4.99 Å². The van der Waals surface area contributed by atoms with Crippen molar-refractivity contribution in [3.63, 3.8) is 0 Å². The minimum absolute atomic E-state index is 0.0597. The molecule has 35 heavy (non-hydrogen) atoms. The lowest BCUT2D eigenvalue weighted by Gasteiger charge is -2.57. The number of aliphatic imine (C=N–C) groups is 1. The number of hydrogen-bond donors (Lipinski definition) is 1. The molecule has 4 heteroatoms. The van der Waals surface area contributed by atoms with Gasteiger partial charge >= 0.3 is 0 Å². The van der Waals surface area contributed by atoms with Gasteiger partial charge in [0, 0.05) is 41.5 Å². The SMILES string of the molecule is CC(=O)Nc1ccc(-n2c(C)cc(C=Nc3ccc(C45CC6CC(CC(C6)C4)C5)cc3)c2C)cc1. The van der Waals surface area contributed by atoms with Gasteiger partial charge in [-0.3, -0.25) is 9.79 Å². The van der Waals surface area contributed by atoms with Crippen LogP contribution in [0.15, 0.2) is 59.6 Å². The molecule has 1 amide bonds. The highest BCUT2D eigenvalue weighted by molar-refractivity contribution is 5.88. The zero-order valence-corrected chi connectivity index (χ0v) is 21.1. The molecule has 7 rings (SSSR count). The van der Waals surface area contributed by atoms with E-state index in [-0.39, 0.29) is 5.91 Å². The van der Waals surface area contributed by atoms with Gasteiger partial charge in [0.1, 0.15) is 0 Å². The second-order valence-corrected chi connectivity index (χ2v) is 11.4. The van der Waals surface area contributed by atoms with E-state index >= 15 is 0 Å². The van der Waals surface area contributed by atoms with Gasteiger partial charge in [0.05, 0.1) is 5.69 Å². The van der Waals surface area contributed by atoms with Crippen molar-refractivity contribution in [1.29, 1.82) is 0 Å². The third-order valence-corrected chi connectivity index (χ3v) is 8.79. The van der Waals surface area contributed by atoms with E-state index in [2.05, 4.69) is 54.1 Å². The number of hydrogen-bond acceptors (Lipinski definition) is 2. The summed E-state index contributed by atoms with van der Waals surface area (Å²) in [7, 11) is 0. The van der Waals surface area contributed by atoms with E-state index in [9.17, 15) is 4.79 Å². The molecule has 0 spiro atoms. The molecule has 4 bridgehead atoms. The normalized spacial score (nSPS) is 27.0. The van der Waals surface area contributed by atoms with Gasteiger partial charge in [0.15, 0.2) is 0 Å². The average molecular weight is 466 g/mol. The molecule has 4 aliphatic rings. The summed E-state index contributed by atoms with van der Waals surface area (Å²) in [5.41, 5.74) is 8.34. The van der Waals surface area contributed by atoms with Crippen molar-refractivity contribution in [2.45, 2.75) is 64.7 Å². The molecule has 0 radical (unpaired) electrons. The highest BCUT2D eigenvalue weighted by atomic mass is 16.1. The maximum absolute atomic E-state index is 11.3. The minimum Gasteiger partial charge on any atom is -0.326 e. The number of aryl methyl sites for hydroxylation is 1. The van der Waals surface area contributed by atoms with E-state index in [1.807, 2.05) is 30.5 Å². The summed E-state index contributed by atoms with van der Waals surface area (Å²) >= 11 is 0. The Balaban J connectivity index is 1.20. The van der Waals surface area contributed by atoms with Crippen LogP contribution in [0.1, 0.15) is 68.0 Å². The number of amides is 1. The molecule has 4 aliphatic carbocycles. The van der Waals surface area contributed by atoms with Crippen LogP contribution in [-0.2, 0) is 10.2 Å². The van der Waals surface area contributed by atoms with Crippen molar-refractivity contribution in [2.24, 2.45) is 22.7 Å². The quantitative estimate of drug-likeness (QED) is 0.396. The molecular weight excluding hydrogens is 430 g/mol. The smallest absolute Gasteiger partial charge is 0.221 e. The molecule has 1 aromatic heterocycles. The number of carbonyl (C=O) groups is 1. The first-order chi connectivity index (χ1) is 16.9. The van der Waals surface area contributed by atoms with Crippen molar-refractivity contribution < 1.29 is 4.79 Å². The number of carbonyl (C=O) groups excluding carboxylic acids is 1. The first-order valence-corrected chi connectivity index (χ1v) is 13.1. The summed E-state index contributed by atoms with van der Waals surface area (Å²) in [6.45, 7) is 5.77. The fourth-order valence-electron chi connectivity index (χ4n) is 7.72. The predicted octanol–water partition coefficient (Wildman–Crippen LogP) is 7.27. The van der Waals surface area contributed by atoms with Crippen LogP contribution in [0.3, 0.4) is 0 Å². The van der Waals surface area contributed by atoms with Crippen LogP contribution in [0.2, 0.25) is 0 Å². The maximum atomic E-state index is 11.3. The summed E-state index contributed by atoms with van der Waals surface area (Å²) in [4.78, 5) is 16.1. The minimum atomic E-state index is -0.0597. The molecule has 180 valence electrons. The average Bonchev–Trinajstić information content (AvgIpc) is 3.10. The van der Waals surface area contributed by atoms with E-state index in [0.29, 0.717) is 5.41 Å². The molecule has 4 fully saturated rings. The molecule has 3 aromatic rings. The molecule has 4 nitrogen and oxygen atoms in total. The van der Waals surface area contributed by atoms with E-state index in [1.54, 1.807) is 5.56 Å². The number of aromatic nitrogens is 1. The predicted molar refractivity (Wildman–Crippen MR) is 143 cm³/mol. The van der Waals surface area contributed by atoms with Crippen LogP contribution in [0.4, 0.5) is 11.4 Å². The Morgan fingerprint density at radius 2 is 1.54 bits per heavy atom. The van der Waals surface area contributed by atoms with Gasteiger partial charge in [-0.1, -0.05) is 12.1 Å². The second-order valence-electron chi connectivity index (χ2n) is 11.4. The molecule has 0 aliphatic heterocycles. The van der Waals surface area contributed by atoms with Gasteiger partial charge in [0.25, 0.3) is 0 Å². The summed E-state index contributed by atoms with van der Waals surface area (Å²) in [5, 5.41) is 2.83. The lowest BCUT2D eigenvalue weighted by molar-refractivity contribution is -0.114. The van der Waals surface area contributed by atoms with E-state index in [0.717, 1.165) is 51.8 Å². The first-order valence-electron chi connectivity index (χ1n) is 13.1. The van der Waals surface area contributed by atoms with Crippen molar-refractivity contribution in [3.05, 3.63) is 77.1 Å². The zero-order valence-electron chi connectivity index (χ0n) is 21.1. The van der Waals surface area contributed by atoms with Crippen molar-refractivity contribution in [3.8, 4) is 5.69 Å².